The summed E-state index contributed by atoms with van der Waals surface area (Å²) in [5.41, 5.74) is 3.65. The molecule has 1 aliphatic carbocycles. The average molecular weight is 552 g/mol. The summed E-state index contributed by atoms with van der Waals surface area (Å²) in [5.74, 6) is -1.83. The van der Waals surface area contributed by atoms with Crippen LogP contribution in [0.3, 0.4) is 0 Å². The largest absolute Gasteiger partial charge is 0.463 e. The number of esters is 3. The Kier molecular flexibility index (Phi) is 9.25. The van der Waals surface area contributed by atoms with Gasteiger partial charge in [0.25, 0.3) is 0 Å². The molecule has 2 aromatic rings. The molecular weight excluding hydrogens is 514 g/mol. The van der Waals surface area contributed by atoms with Gasteiger partial charge in [0, 0.05) is 32.6 Å². The molecule has 2 aromatic carbocycles. The van der Waals surface area contributed by atoms with Gasteiger partial charge in [0.15, 0.2) is 6.10 Å². The van der Waals surface area contributed by atoms with Crippen LogP contribution < -0.4 is 5.32 Å². The highest BCUT2D eigenvalue weighted by Gasteiger charge is 2.46. The van der Waals surface area contributed by atoms with Gasteiger partial charge in [-0.05, 0) is 47.6 Å². The van der Waals surface area contributed by atoms with E-state index in [1.807, 2.05) is 44.2 Å². The summed E-state index contributed by atoms with van der Waals surface area (Å²) in [6.07, 6.45) is -0.824. The fourth-order valence-corrected chi connectivity index (χ4v) is 5.66. The van der Waals surface area contributed by atoms with Crippen LogP contribution in [0.25, 0.3) is 0 Å². The molecule has 0 aromatic heterocycles. The SMILES string of the molecule is CC(=O)N[C@@H]1CCC(c2ccc(C(=O)O[C@@H]3OC(COC(C)=O)[C@@H](C)[C@H](C)C3OC(C)=O)cc2)c2ccccc21. The van der Waals surface area contributed by atoms with Crippen molar-refractivity contribution in [2.75, 3.05) is 6.61 Å². The van der Waals surface area contributed by atoms with Crippen molar-refractivity contribution in [2.45, 2.75) is 77.9 Å². The molecule has 7 atom stereocenters. The molecule has 2 aliphatic rings. The molecule has 214 valence electrons. The van der Waals surface area contributed by atoms with E-state index in [4.69, 9.17) is 18.9 Å². The quantitative estimate of drug-likeness (QED) is 0.397. The van der Waals surface area contributed by atoms with Crippen molar-refractivity contribution in [3.8, 4) is 0 Å². The van der Waals surface area contributed by atoms with Crippen LogP contribution in [0.4, 0.5) is 0 Å². The van der Waals surface area contributed by atoms with Gasteiger partial charge in [0.05, 0.1) is 17.7 Å². The Hall–Kier alpha value is -3.72. The topological polar surface area (TPSA) is 117 Å². The number of carbonyl (C=O) groups excluding carboxylic acids is 4. The van der Waals surface area contributed by atoms with Crippen LogP contribution in [0.15, 0.2) is 48.5 Å². The Morgan fingerprint density at radius 2 is 1.52 bits per heavy atom. The highest BCUT2D eigenvalue weighted by Crippen LogP contribution is 2.41. The number of hydrogen-bond acceptors (Lipinski definition) is 8. The van der Waals surface area contributed by atoms with Crippen LogP contribution in [0, 0.1) is 11.8 Å². The standard InChI is InChI=1S/C31H37NO8/c1-17-18(2)29(38-21(5)35)31(39-28(17)16-37-20(4)34)40-30(36)23-12-10-22(11-13-23)24-14-15-27(32-19(3)33)26-9-7-6-8-25(24)26/h6-13,17-18,24,27-29,31H,14-16H2,1-5H3,(H,32,33)/t17-,18-,24?,27+,28?,29?,31-/m0/s1. The first-order valence-electron chi connectivity index (χ1n) is 13.7. The molecule has 1 aliphatic heterocycles. The van der Waals surface area contributed by atoms with E-state index in [2.05, 4.69) is 11.4 Å². The van der Waals surface area contributed by atoms with E-state index < -0.39 is 36.4 Å². The number of ether oxygens (including phenoxy) is 4. The van der Waals surface area contributed by atoms with E-state index in [9.17, 15) is 19.2 Å². The lowest BCUT2D eigenvalue weighted by molar-refractivity contribution is -0.262. The fourth-order valence-electron chi connectivity index (χ4n) is 5.66. The zero-order valence-electron chi connectivity index (χ0n) is 23.5. The molecule has 0 spiro atoms. The predicted molar refractivity (Wildman–Crippen MR) is 145 cm³/mol. The summed E-state index contributed by atoms with van der Waals surface area (Å²) in [6.45, 7) is 7.93. The number of carbonyl (C=O) groups is 4. The number of nitrogens with one attached hydrogen (secondary N) is 1. The maximum Gasteiger partial charge on any atom is 0.340 e. The normalized spacial score (nSPS) is 27.6. The molecule has 9 heteroatoms. The third-order valence-corrected chi connectivity index (χ3v) is 7.90. The minimum Gasteiger partial charge on any atom is -0.463 e. The van der Waals surface area contributed by atoms with E-state index in [0.29, 0.717) is 5.56 Å². The molecular formula is C31H37NO8. The first kappa shape index (κ1) is 29.3. The third kappa shape index (κ3) is 6.70. The average Bonchev–Trinajstić information content (AvgIpc) is 2.91. The van der Waals surface area contributed by atoms with Gasteiger partial charge in [-0.1, -0.05) is 50.2 Å². The molecule has 1 fully saturated rings. The smallest absolute Gasteiger partial charge is 0.340 e. The van der Waals surface area contributed by atoms with Crippen molar-refractivity contribution in [1.82, 2.24) is 5.32 Å². The van der Waals surface area contributed by atoms with Crippen molar-refractivity contribution >= 4 is 23.8 Å². The van der Waals surface area contributed by atoms with Gasteiger partial charge in [-0.25, -0.2) is 4.79 Å². The molecule has 0 radical (unpaired) electrons. The first-order valence-corrected chi connectivity index (χ1v) is 13.7. The number of amides is 1. The lowest BCUT2D eigenvalue weighted by atomic mass is 9.76. The summed E-state index contributed by atoms with van der Waals surface area (Å²) in [4.78, 5) is 48.0. The number of fused-ring (bicyclic) bond motifs is 1. The highest BCUT2D eigenvalue weighted by molar-refractivity contribution is 5.89. The minimum atomic E-state index is -1.15. The Morgan fingerprint density at radius 1 is 0.850 bits per heavy atom. The first-order chi connectivity index (χ1) is 19.0. The van der Waals surface area contributed by atoms with Gasteiger partial charge < -0.3 is 24.3 Å². The maximum absolute atomic E-state index is 13.2. The predicted octanol–water partition coefficient (Wildman–Crippen LogP) is 4.44. The molecule has 3 unspecified atom stereocenters. The molecule has 1 N–H and O–H groups in total. The Morgan fingerprint density at radius 3 is 2.15 bits per heavy atom. The van der Waals surface area contributed by atoms with Gasteiger partial charge in [0.2, 0.25) is 12.2 Å². The molecule has 4 rings (SSSR count). The van der Waals surface area contributed by atoms with Crippen molar-refractivity contribution in [1.29, 1.82) is 0 Å². The van der Waals surface area contributed by atoms with E-state index in [-0.39, 0.29) is 36.3 Å². The highest BCUT2D eigenvalue weighted by atomic mass is 16.7. The van der Waals surface area contributed by atoms with Crippen molar-refractivity contribution in [3.05, 3.63) is 70.8 Å². The van der Waals surface area contributed by atoms with Gasteiger partial charge >= 0.3 is 17.9 Å². The second kappa shape index (κ2) is 12.6. The van der Waals surface area contributed by atoms with E-state index in [0.717, 1.165) is 29.5 Å². The molecule has 1 amide bonds. The van der Waals surface area contributed by atoms with E-state index in [1.54, 1.807) is 12.1 Å². The monoisotopic (exact) mass is 551 g/mol. The molecule has 40 heavy (non-hydrogen) atoms. The summed E-state index contributed by atoms with van der Waals surface area (Å²) in [7, 11) is 0. The van der Waals surface area contributed by atoms with Gasteiger partial charge in [0.1, 0.15) is 6.61 Å². The molecule has 0 saturated carbocycles. The van der Waals surface area contributed by atoms with E-state index >= 15 is 0 Å². The fraction of sp³-hybridized carbons (Fsp3) is 0.484. The third-order valence-electron chi connectivity index (χ3n) is 7.90. The van der Waals surface area contributed by atoms with E-state index in [1.165, 1.54) is 20.8 Å². The van der Waals surface area contributed by atoms with Gasteiger partial charge in [-0.15, -0.1) is 0 Å². The lowest BCUT2D eigenvalue weighted by Crippen LogP contribution is -2.53. The Labute approximate surface area is 234 Å². The van der Waals surface area contributed by atoms with Crippen LogP contribution in [-0.4, -0.2) is 48.9 Å². The summed E-state index contributed by atoms with van der Waals surface area (Å²) in [5, 5.41) is 3.04. The van der Waals surface area contributed by atoms with Gasteiger partial charge in [-0.2, -0.15) is 0 Å². The Balaban J connectivity index is 1.50. The van der Waals surface area contributed by atoms with Crippen molar-refractivity contribution < 1.29 is 38.1 Å². The summed E-state index contributed by atoms with van der Waals surface area (Å²) in [6, 6.07) is 15.3. The number of hydrogen-bond donors (Lipinski definition) is 1. The number of benzene rings is 2. The van der Waals surface area contributed by atoms with Crippen LogP contribution in [-0.2, 0) is 33.3 Å². The van der Waals surface area contributed by atoms with Crippen LogP contribution >= 0.6 is 0 Å². The number of rotatable bonds is 7. The van der Waals surface area contributed by atoms with Crippen LogP contribution in [0.5, 0.6) is 0 Å². The zero-order valence-corrected chi connectivity index (χ0v) is 23.5. The zero-order chi connectivity index (χ0) is 29.0. The molecule has 9 nitrogen and oxygen atoms in total. The van der Waals surface area contributed by atoms with Crippen LogP contribution in [0.2, 0.25) is 0 Å². The molecule has 1 saturated heterocycles. The van der Waals surface area contributed by atoms with Crippen molar-refractivity contribution in [2.24, 2.45) is 11.8 Å². The van der Waals surface area contributed by atoms with Crippen molar-refractivity contribution in [3.63, 3.8) is 0 Å². The molecule has 1 heterocycles. The summed E-state index contributed by atoms with van der Waals surface area (Å²) < 4.78 is 22.3. The second-order valence-corrected chi connectivity index (χ2v) is 10.7. The second-order valence-electron chi connectivity index (χ2n) is 10.7. The van der Waals surface area contributed by atoms with Gasteiger partial charge in [-0.3, -0.25) is 14.4 Å². The minimum absolute atomic E-state index is 0.00202. The summed E-state index contributed by atoms with van der Waals surface area (Å²) >= 11 is 0. The maximum atomic E-state index is 13.2. The Bertz CT molecular complexity index is 1240. The van der Waals surface area contributed by atoms with Crippen LogP contribution in [0.1, 0.15) is 86.5 Å². The lowest BCUT2D eigenvalue weighted by Gasteiger charge is -2.42. The molecule has 0 bridgehead atoms.